The number of piperazine rings is 1. The summed E-state index contributed by atoms with van der Waals surface area (Å²) < 4.78 is 13.8. The Morgan fingerprint density at radius 3 is 2.31 bits per heavy atom. The number of hydrogen-bond donors (Lipinski definition) is 2. The highest BCUT2D eigenvalue weighted by Crippen LogP contribution is 2.11. The predicted molar refractivity (Wildman–Crippen MR) is 101 cm³/mol. The summed E-state index contributed by atoms with van der Waals surface area (Å²) in [5.74, 6) is 0.0200. The maximum absolute atomic E-state index is 13.8. The monoisotopic (exact) mass is 357 g/mol. The van der Waals surface area contributed by atoms with Crippen molar-refractivity contribution in [3.63, 3.8) is 0 Å². The van der Waals surface area contributed by atoms with Gasteiger partial charge in [0.25, 0.3) is 5.91 Å². The molecule has 1 heterocycles. The lowest BCUT2D eigenvalue weighted by atomic mass is 10.1. The van der Waals surface area contributed by atoms with Crippen molar-refractivity contribution in [2.75, 3.05) is 38.1 Å². The summed E-state index contributed by atoms with van der Waals surface area (Å²) in [6.45, 7) is 6.50. The van der Waals surface area contributed by atoms with Crippen LogP contribution in [0.3, 0.4) is 0 Å². The molecule has 0 unspecified atom stereocenters. The molecule has 0 bridgehead atoms. The average molecular weight is 357 g/mol. The van der Waals surface area contributed by atoms with E-state index in [-0.39, 0.29) is 17.8 Å². The molecule has 138 valence electrons. The van der Waals surface area contributed by atoms with Gasteiger partial charge in [0.2, 0.25) is 0 Å². The molecule has 1 atom stereocenters. The maximum atomic E-state index is 13.8. The molecule has 5 heteroatoms. The fourth-order valence-corrected chi connectivity index (χ4v) is 3.69. The molecule has 1 amide bonds. The number of nitrogens with one attached hydrogen (secondary N) is 2. The Kier molecular flexibility index (Phi) is 6.01. The number of rotatable bonds is 5. The number of hydrogen-bond acceptors (Lipinski definition) is 1. The summed E-state index contributed by atoms with van der Waals surface area (Å²) in [6, 6.07) is 16.7. The smallest absolute Gasteiger partial charge is 0.284 e. The quantitative estimate of drug-likeness (QED) is 0.784. The van der Waals surface area contributed by atoms with Crippen LogP contribution in [-0.2, 0) is 11.3 Å². The fourth-order valence-electron chi connectivity index (χ4n) is 3.69. The van der Waals surface area contributed by atoms with Crippen LogP contribution in [0.25, 0.3) is 0 Å². The number of likely N-dealkylation sites (N-methyl/N-ethyl adjacent to an activating group) is 1. The van der Waals surface area contributed by atoms with Crippen molar-refractivity contribution in [3.8, 4) is 0 Å². The van der Waals surface area contributed by atoms with E-state index in [1.807, 2.05) is 56.4 Å². The Morgan fingerprint density at radius 2 is 1.65 bits per heavy atom. The Bertz CT molecular complexity index is 729. The van der Waals surface area contributed by atoms with Crippen LogP contribution in [0.15, 0.2) is 54.6 Å². The fraction of sp³-hybridized carbons (Fsp3) is 0.381. The van der Waals surface area contributed by atoms with Crippen LogP contribution in [0.4, 0.5) is 10.1 Å². The number of amides is 1. The Labute approximate surface area is 154 Å². The number of para-hydroxylation sites is 1. The van der Waals surface area contributed by atoms with Gasteiger partial charge in [-0.2, -0.15) is 0 Å². The van der Waals surface area contributed by atoms with Gasteiger partial charge in [-0.25, -0.2) is 4.39 Å². The van der Waals surface area contributed by atoms with Gasteiger partial charge in [0, 0.05) is 18.3 Å². The van der Waals surface area contributed by atoms with E-state index in [9.17, 15) is 9.18 Å². The van der Waals surface area contributed by atoms with Crippen LogP contribution < -0.4 is 14.7 Å². The third kappa shape index (κ3) is 4.29. The standard InChI is InChI=1S/C21H26FN3O/c1-17(21(26)23(2)19-9-4-3-5-10-19)25-14-12-24(13-15-25)16-18-8-6-7-11-20(18)22/h3-11,17H,12-16H2,1-2H3/p+2/t17-/m0/s1. The molecule has 0 spiro atoms. The molecule has 0 aliphatic carbocycles. The lowest BCUT2D eigenvalue weighted by molar-refractivity contribution is -1.02. The Balaban J connectivity index is 1.54. The van der Waals surface area contributed by atoms with Crippen LogP contribution in [0, 0.1) is 5.82 Å². The number of quaternary nitrogens is 2. The summed E-state index contributed by atoms with van der Waals surface area (Å²) in [5.41, 5.74) is 1.70. The van der Waals surface area contributed by atoms with Gasteiger partial charge in [-0.3, -0.25) is 4.79 Å². The molecule has 2 aromatic carbocycles. The largest absolute Gasteiger partial charge is 0.322 e. The highest BCUT2D eigenvalue weighted by atomic mass is 19.1. The van der Waals surface area contributed by atoms with E-state index in [0.717, 1.165) is 37.4 Å². The molecule has 26 heavy (non-hydrogen) atoms. The lowest BCUT2D eigenvalue weighted by Crippen LogP contribution is -3.29. The Morgan fingerprint density at radius 1 is 1.04 bits per heavy atom. The number of anilines is 1. The SMILES string of the molecule is C[C@@H](C(=O)N(C)c1ccccc1)[NH+]1CC[NH+](Cc2ccccc2F)CC1. The summed E-state index contributed by atoms with van der Waals surface area (Å²) in [6.07, 6.45) is 0. The van der Waals surface area contributed by atoms with Crippen molar-refractivity contribution in [1.29, 1.82) is 0 Å². The van der Waals surface area contributed by atoms with Gasteiger partial charge in [-0.1, -0.05) is 36.4 Å². The van der Waals surface area contributed by atoms with Gasteiger partial charge in [0.15, 0.2) is 6.04 Å². The lowest BCUT2D eigenvalue weighted by Gasteiger charge is -2.34. The summed E-state index contributed by atoms with van der Waals surface area (Å²) in [7, 11) is 1.84. The molecule has 3 rings (SSSR count). The van der Waals surface area contributed by atoms with Gasteiger partial charge in [0.05, 0.1) is 0 Å². The topological polar surface area (TPSA) is 29.2 Å². The molecule has 1 aliphatic heterocycles. The maximum Gasteiger partial charge on any atom is 0.284 e. The van der Waals surface area contributed by atoms with E-state index in [0.29, 0.717) is 6.54 Å². The summed E-state index contributed by atoms with van der Waals surface area (Å²) >= 11 is 0. The first kappa shape index (κ1) is 18.5. The van der Waals surface area contributed by atoms with Gasteiger partial charge in [-0.05, 0) is 25.1 Å². The number of carbonyl (C=O) groups excluding carboxylic acids is 1. The first-order valence-electron chi connectivity index (χ1n) is 9.30. The molecule has 2 N–H and O–H groups in total. The second kappa shape index (κ2) is 8.43. The molecular formula is C21H28FN3O+2. The predicted octanol–water partition coefficient (Wildman–Crippen LogP) is 0.161. The highest BCUT2D eigenvalue weighted by Gasteiger charge is 2.33. The molecule has 0 radical (unpaired) electrons. The van der Waals surface area contributed by atoms with E-state index in [1.165, 1.54) is 15.9 Å². The number of halogens is 1. The normalized spacial score (nSPS) is 21.2. The summed E-state index contributed by atoms with van der Waals surface area (Å²) in [5, 5.41) is 0. The summed E-state index contributed by atoms with van der Waals surface area (Å²) in [4.78, 5) is 17.3. The average Bonchev–Trinajstić information content (AvgIpc) is 2.69. The van der Waals surface area contributed by atoms with Crippen LogP contribution in [0.2, 0.25) is 0 Å². The van der Waals surface area contributed by atoms with Gasteiger partial charge in [0.1, 0.15) is 38.5 Å². The molecule has 0 saturated carbocycles. The van der Waals surface area contributed by atoms with Crippen molar-refractivity contribution >= 4 is 11.6 Å². The van der Waals surface area contributed by atoms with Crippen LogP contribution in [-0.4, -0.2) is 45.2 Å². The second-order valence-corrected chi connectivity index (χ2v) is 7.13. The molecule has 2 aromatic rings. The third-order valence-corrected chi connectivity index (χ3v) is 5.45. The molecule has 1 aliphatic rings. The molecule has 0 aromatic heterocycles. The van der Waals surface area contributed by atoms with E-state index in [4.69, 9.17) is 0 Å². The van der Waals surface area contributed by atoms with Gasteiger partial charge in [-0.15, -0.1) is 0 Å². The first-order valence-corrected chi connectivity index (χ1v) is 9.30. The second-order valence-electron chi connectivity index (χ2n) is 7.13. The van der Waals surface area contributed by atoms with E-state index in [2.05, 4.69) is 0 Å². The van der Waals surface area contributed by atoms with Crippen LogP contribution in [0.1, 0.15) is 12.5 Å². The van der Waals surface area contributed by atoms with E-state index < -0.39 is 0 Å². The zero-order valence-corrected chi connectivity index (χ0v) is 15.5. The number of benzene rings is 2. The molecule has 1 saturated heterocycles. The van der Waals surface area contributed by atoms with Crippen molar-refractivity contribution in [3.05, 3.63) is 66.0 Å². The van der Waals surface area contributed by atoms with Crippen LogP contribution >= 0.6 is 0 Å². The zero-order chi connectivity index (χ0) is 18.5. The minimum Gasteiger partial charge on any atom is -0.322 e. The number of carbonyl (C=O) groups is 1. The first-order chi connectivity index (χ1) is 12.6. The molecule has 1 fully saturated rings. The van der Waals surface area contributed by atoms with Crippen molar-refractivity contribution < 1.29 is 19.0 Å². The van der Waals surface area contributed by atoms with Gasteiger partial charge >= 0.3 is 0 Å². The van der Waals surface area contributed by atoms with E-state index in [1.54, 1.807) is 11.0 Å². The minimum absolute atomic E-state index is 0.0739. The van der Waals surface area contributed by atoms with Crippen molar-refractivity contribution in [2.24, 2.45) is 0 Å². The van der Waals surface area contributed by atoms with Crippen LogP contribution in [0.5, 0.6) is 0 Å². The third-order valence-electron chi connectivity index (χ3n) is 5.45. The number of nitrogens with zero attached hydrogens (tertiary/aromatic N) is 1. The molecular weight excluding hydrogens is 329 g/mol. The van der Waals surface area contributed by atoms with Gasteiger partial charge < -0.3 is 14.7 Å². The highest BCUT2D eigenvalue weighted by molar-refractivity contribution is 5.95. The van der Waals surface area contributed by atoms with Crippen molar-refractivity contribution in [2.45, 2.75) is 19.5 Å². The van der Waals surface area contributed by atoms with E-state index >= 15 is 0 Å². The Hall–Kier alpha value is -2.24. The molecule has 4 nitrogen and oxygen atoms in total. The zero-order valence-electron chi connectivity index (χ0n) is 15.5. The van der Waals surface area contributed by atoms with Crippen molar-refractivity contribution in [1.82, 2.24) is 0 Å². The minimum atomic E-state index is -0.122.